The van der Waals surface area contributed by atoms with Crippen LogP contribution in [0.15, 0.2) is 64.5 Å². The summed E-state index contributed by atoms with van der Waals surface area (Å²) in [5.74, 6) is -0.379. The minimum absolute atomic E-state index is 0.115. The van der Waals surface area contributed by atoms with Crippen LogP contribution in [0, 0.1) is 28.1 Å². The third-order valence-corrected chi connectivity index (χ3v) is 10.7. The maximum Gasteiger partial charge on any atom is 0.200 e. The SMILES string of the molecule is CC(C)=CC[C@@H]1C[C@@]23C[C@H](CC=C(C)C)C(C)(C)C2(CC=C(C)C)C(=O)C(C(=O)c2ccc(O)c(O)c2)=C3OC1(C)C. The first-order valence-electron chi connectivity index (χ1n) is 15.4. The number of hydrogen-bond acceptors (Lipinski definition) is 5. The zero-order valence-corrected chi connectivity index (χ0v) is 27.3. The minimum Gasteiger partial charge on any atom is -0.504 e. The zero-order chi connectivity index (χ0) is 31.4. The summed E-state index contributed by atoms with van der Waals surface area (Å²) in [6.07, 6.45) is 10.5. The molecule has 0 amide bonds. The van der Waals surface area contributed by atoms with Crippen LogP contribution < -0.4 is 0 Å². The largest absolute Gasteiger partial charge is 0.504 e. The van der Waals surface area contributed by atoms with E-state index in [9.17, 15) is 15.0 Å². The average Bonchev–Trinajstić information content (AvgIpc) is 3.20. The molecule has 0 aromatic heterocycles. The van der Waals surface area contributed by atoms with Crippen LogP contribution in [0.1, 0.15) is 112 Å². The Labute approximate surface area is 252 Å². The first kappa shape index (κ1) is 31.8. The van der Waals surface area contributed by atoms with E-state index in [1.54, 1.807) is 0 Å². The Morgan fingerprint density at radius 1 is 0.857 bits per heavy atom. The summed E-state index contributed by atoms with van der Waals surface area (Å²) in [7, 11) is 0. The maximum absolute atomic E-state index is 15.2. The Morgan fingerprint density at radius 2 is 1.40 bits per heavy atom. The number of rotatable bonds is 8. The molecule has 1 aromatic carbocycles. The molecule has 0 bridgehead atoms. The van der Waals surface area contributed by atoms with Gasteiger partial charge in [0, 0.05) is 16.9 Å². The van der Waals surface area contributed by atoms with Crippen molar-refractivity contribution in [3.63, 3.8) is 0 Å². The van der Waals surface area contributed by atoms with E-state index in [0.717, 1.165) is 31.3 Å². The first-order chi connectivity index (χ1) is 19.4. The van der Waals surface area contributed by atoms with Crippen LogP contribution in [0.3, 0.4) is 0 Å². The highest BCUT2D eigenvalue weighted by molar-refractivity contribution is 6.30. The molecule has 4 atom stereocenters. The van der Waals surface area contributed by atoms with Crippen molar-refractivity contribution in [1.29, 1.82) is 0 Å². The van der Waals surface area contributed by atoms with E-state index in [4.69, 9.17) is 4.74 Å². The zero-order valence-electron chi connectivity index (χ0n) is 27.3. The topological polar surface area (TPSA) is 83.8 Å². The molecule has 42 heavy (non-hydrogen) atoms. The van der Waals surface area contributed by atoms with Gasteiger partial charge in [-0.2, -0.15) is 0 Å². The van der Waals surface area contributed by atoms with Gasteiger partial charge in [0.1, 0.15) is 16.9 Å². The van der Waals surface area contributed by atoms with Crippen molar-refractivity contribution < 1.29 is 24.5 Å². The van der Waals surface area contributed by atoms with Gasteiger partial charge >= 0.3 is 0 Å². The first-order valence-corrected chi connectivity index (χ1v) is 15.4. The summed E-state index contributed by atoms with van der Waals surface area (Å²) in [6, 6.07) is 4.01. The number of ketones is 2. The number of phenolic OH excluding ortho intramolecular Hbond substituents is 2. The van der Waals surface area contributed by atoms with Gasteiger partial charge in [-0.25, -0.2) is 0 Å². The molecule has 1 unspecified atom stereocenters. The molecule has 1 aliphatic heterocycles. The van der Waals surface area contributed by atoms with Gasteiger partial charge in [-0.3, -0.25) is 9.59 Å². The smallest absolute Gasteiger partial charge is 0.200 e. The second-order valence-electron chi connectivity index (χ2n) is 14.8. The van der Waals surface area contributed by atoms with E-state index < -0.39 is 27.6 Å². The van der Waals surface area contributed by atoms with Crippen molar-refractivity contribution >= 4 is 11.6 Å². The van der Waals surface area contributed by atoms with Gasteiger partial charge in [0.25, 0.3) is 0 Å². The van der Waals surface area contributed by atoms with Crippen molar-refractivity contribution in [3.05, 3.63) is 70.0 Å². The molecule has 5 nitrogen and oxygen atoms in total. The lowest BCUT2D eigenvalue weighted by Crippen LogP contribution is -2.54. The molecule has 2 fully saturated rings. The van der Waals surface area contributed by atoms with E-state index in [2.05, 4.69) is 87.5 Å². The van der Waals surface area contributed by atoms with Crippen LogP contribution in [-0.2, 0) is 9.53 Å². The van der Waals surface area contributed by atoms with Crippen LogP contribution in [0.4, 0.5) is 0 Å². The standard InChI is InChI=1S/C37H50O5/c1-22(2)11-14-26-20-36-21-27(15-12-23(3)4)35(9,10)42-33(36)30(31(40)25-13-16-28(38)29(39)19-25)32(41)37(36,34(26,7)8)18-17-24(5)6/h11-13,16-17,19,26-27,38-39H,14-15,18,20-21H2,1-10H3/t26-,27+,36+,37?/m0/s1. The lowest BCUT2D eigenvalue weighted by atomic mass is 9.51. The van der Waals surface area contributed by atoms with Crippen LogP contribution in [-0.4, -0.2) is 27.4 Å². The number of phenols is 2. The number of carbonyl (C=O) groups is 2. The van der Waals surface area contributed by atoms with E-state index >= 15 is 4.79 Å². The number of aromatic hydroxyl groups is 2. The quantitative estimate of drug-likeness (QED) is 0.140. The molecule has 1 spiro atoms. The number of benzene rings is 1. The monoisotopic (exact) mass is 574 g/mol. The third-order valence-electron chi connectivity index (χ3n) is 10.7. The number of ether oxygens (including phenoxy) is 1. The van der Waals surface area contributed by atoms with Crippen LogP contribution in [0.5, 0.6) is 11.5 Å². The predicted octanol–water partition coefficient (Wildman–Crippen LogP) is 9.02. The molecule has 4 rings (SSSR count). The maximum atomic E-state index is 15.2. The molecule has 1 heterocycles. The summed E-state index contributed by atoms with van der Waals surface area (Å²) in [4.78, 5) is 29.5. The van der Waals surface area contributed by atoms with Crippen molar-refractivity contribution in [1.82, 2.24) is 0 Å². The molecule has 2 aliphatic carbocycles. The second kappa shape index (κ2) is 10.9. The molecule has 5 heteroatoms. The Hall–Kier alpha value is -3.08. The molecule has 1 aromatic rings. The van der Waals surface area contributed by atoms with E-state index in [-0.39, 0.29) is 40.3 Å². The molecule has 1 saturated heterocycles. The van der Waals surface area contributed by atoms with Gasteiger partial charge in [-0.1, -0.05) is 48.8 Å². The van der Waals surface area contributed by atoms with Gasteiger partial charge < -0.3 is 14.9 Å². The van der Waals surface area contributed by atoms with Crippen molar-refractivity contribution in [2.24, 2.45) is 28.1 Å². The number of hydrogen-bond donors (Lipinski definition) is 2. The fraction of sp³-hybridized carbons (Fsp3) is 0.568. The summed E-state index contributed by atoms with van der Waals surface area (Å²) in [5, 5.41) is 20.2. The highest BCUT2D eigenvalue weighted by Crippen LogP contribution is 2.78. The van der Waals surface area contributed by atoms with Gasteiger partial charge in [0.15, 0.2) is 23.1 Å². The van der Waals surface area contributed by atoms with E-state index in [0.29, 0.717) is 12.2 Å². The molecule has 228 valence electrons. The summed E-state index contributed by atoms with van der Waals surface area (Å²) < 4.78 is 6.99. The van der Waals surface area contributed by atoms with Gasteiger partial charge in [-0.15, -0.1) is 0 Å². The summed E-state index contributed by atoms with van der Waals surface area (Å²) in [6.45, 7) is 21.2. The Morgan fingerprint density at radius 3 is 1.95 bits per heavy atom. The van der Waals surface area contributed by atoms with Gasteiger partial charge in [-0.05, 0) is 117 Å². The summed E-state index contributed by atoms with van der Waals surface area (Å²) >= 11 is 0. The van der Waals surface area contributed by atoms with Gasteiger partial charge in [0.2, 0.25) is 0 Å². The second-order valence-corrected chi connectivity index (χ2v) is 14.8. The molecule has 2 N–H and O–H groups in total. The lowest BCUT2D eigenvalue weighted by Gasteiger charge is -2.54. The number of allylic oxidation sites excluding steroid dienone is 8. The highest BCUT2D eigenvalue weighted by atomic mass is 16.5. The normalized spacial score (nSPS) is 28.9. The number of carbonyl (C=O) groups excluding carboxylic acids is 2. The molecular weight excluding hydrogens is 524 g/mol. The van der Waals surface area contributed by atoms with Crippen LogP contribution in [0.2, 0.25) is 0 Å². The molecule has 0 radical (unpaired) electrons. The summed E-state index contributed by atoms with van der Waals surface area (Å²) in [5.41, 5.74) is 1.40. The van der Waals surface area contributed by atoms with Crippen LogP contribution >= 0.6 is 0 Å². The molecular formula is C37H50O5. The number of Topliss-reactive ketones (excluding diaryl/α,β-unsaturated/α-hetero) is 2. The van der Waals surface area contributed by atoms with Crippen molar-refractivity contribution in [3.8, 4) is 11.5 Å². The fourth-order valence-electron chi connectivity index (χ4n) is 8.10. The van der Waals surface area contributed by atoms with E-state index in [1.165, 1.54) is 29.3 Å². The Bertz CT molecular complexity index is 1410. The molecule has 1 saturated carbocycles. The Balaban J connectivity index is 2.03. The average molecular weight is 575 g/mol. The Kier molecular flexibility index (Phi) is 8.25. The van der Waals surface area contributed by atoms with E-state index in [1.807, 2.05) is 0 Å². The van der Waals surface area contributed by atoms with Crippen molar-refractivity contribution in [2.45, 2.75) is 107 Å². The predicted molar refractivity (Wildman–Crippen MR) is 168 cm³/mol. The highest BCUT2D eigenvalue weighted by Gasteiger charge is 2.78. The van der Waals surface area contributed by atoms with Gasteiger partial charge in [0.05, 0.1) is 5.41 Å². The molecule has 3 aliphatic rings. The third kappa shape index (κ3) is 4.87. The van der Waals surface area contributed by atoms with Crippen LogP contribution in [0.25, 0.3) is 0 Å². The lowest BCUT2D eigenvalue weighted by molar-refractivity contribution is -0.151. The fourth-order valence-corrected chi connectivity index (χ4v) is 8.10. The minimum atomic E-state index is -0.865. The van der Waals surface area contributed by atoms with Crippen molar-refractivity contribution in [2.75, 3.05) is 0 Å².